The van der Waals surface area contributed by atoms with Crippen LogP contribution in [0.1, 0.15) is 53.4 Å². The van der Waals surface area contributed by atoms with Crippen LogP contribution in [0.15, 0.2) is 0 Å². The van der Waals surface area contributed by atoms with Gasteiger partial charge in [-0.05, 0) is 43.9 Å². The molecule has 1 saturated heterocycles. The lowest BCUT2D eigenvalue weighted by Gasteiger charge is -2.34. The lowest BCUT2D eigenvalue weighted by Crippen LogP contribution is -2.42. The monoisotopic (exact) mass is 290 g/mol. The molecule has 0 aromatic rings. The molecule has 1 fully saturated rings. The molecular weight excluding hydrogens is 260 g/mol. The highest BCUT2D eigenvalue weighted by atomic mass is 35.5. The fraction of sp³-hybridized carbons (Fsp3) is 0.933. The maximum Gasteiger partial charge on any atom is 0.222 e. The Balaban J connectivity index is 0.00000324. The Hall–Kier alpha value is -0.280. The molecule has 1 heterocycles. The fourth-order valence-corrected chi connectivity index (χ4v) is 2.99. The molecule has 1 rings (SSSR count). The molecule has 0 aromatic carbocycles. The van der Waals surface area contributed by atoms with Crippen molar-refractivity contribution in [2.24, 2.45) is 23.5 Å². The van der Waals surface area contributed by atoms with E-state index >= 15 is 0 Å². The minimum absolute atomic E-state index is 0. The van der Waals surface area contributed by atoms with Crippen molar-refractivity contribution in [3.8, 4) is 0 Å². The van der Waals surface area contributed by atoms with Gasteiger partial charge in [0.2, 0.25) is 5.91 Å². The van der Waals surface area contributed by atoms with Gasteiger partial charge in [0, 0.05) is 25.6 Å². The normalized spacial score (nSPS) is 20.0. The quantitative estimate of drug-likeness (QED) is 0.846. The molecule has 0 aromatic heterocycles. The van der Waals surface area contributed by atoms with Gasteiger partial charge in [-0.25, -0.2) is 0 Å². The topological polar surface area (TPSA) is 46.3 Å². The highest BCUT2D eigenvalue weighted by molar-refractivity contribution is 5.85. The lowest BCUT2D eigenvalue weighted by molar-refractivity contribution is -0.133. The number of halogens is 1. The molecule has 2 atom stereocenters. The van der Waals surface area contributed by atoms with E-state index in [-0.39, 0.29) is 18.4 Å². The van der Waals surface area contributed by atoms with Gasteiger partial charge in [0.25, 0.3) is 0 Å². The van der Waals surface area contributed by atoms with Crippen LogP contribution in [0, 0.1) is 17.8 Å². The molecule has 2 unspecified atom stereocenters. The van der Waals surface area contributed by atoms with E-state index in [9.17, 15) is 4.79 Å². The molecule has 1 amide bonds. The number of rotatable bonds is 5. The second-order valence-corrected chi connectivity index (χ2v) is 6.52. The average Bonchev–Trinajstić information content (AvgIpc) is 2.27. The minimum Gasteiger partial charge on any atom is -0.343 e. The van der Waals surface area contributed by atoms with Gasteiger partial charge in [0.05, 0.1) is 0 Å². The van der Waals surface area contributed by atoms with E-state index in [0.29, 0.717) is 30.1 Å². The number of carbonyl (C=O) groups excluding carboxylic acids is 1. The van der Waals surface area contributed by atoms with Crippen LogP contribution in [-0.2, 0) is 4.79 Å². The Bertz CT molecular complexity index is 261. The van der Waals surface area contributed by atoms with Crippen LogP contribution in [0.5, 0.6) is 0 Å². The predicted molar refractivity (Wildman–Crippen MR) is 83.4 cm³/mol. The summed E-state index contributed by atoms with van der Waals surface area (Å²) in [6.45, 7) is 10.5. The Labute approximate surface area is 124 Å². The molecular formula is C15H31ClN2O. The van der Waals surface area contributed by atoms with Gasteiger partial charge in [-0.3, -0.25) is 4.79 Å². The summed E-state index contributed by atoms with van der Waals surface area (Å²) in [7, 11) is 0. The first-order valence-electron chi connectivity index (χ1n) is 7.43. The summed E-state index contributed by atoms with van der Waals surface area (Å²) in [6, 6.07) is 0.266. The SMILES string of the molecule is CC(C)CC(C)CC(=O)N1CCC(C(C)N)CC1.Cl. The van der Waals surface area contributed by atoms with Crippen LogP contribution in [-0.4, -0.2) is 29.9 Å². The van der Waals surface area contributed by atoms with Gasteiger partial charge in [0.15, 0.2) is 0 Å². The van der Waals surface area contributed by atoms with Crippen molar-refractivity contribution in [3.63, 3.8) is 0 Å². The third-order valence-corrected chi connectivity index (χ3v) is 4.03. The van der Waals surface area contributed by atoms with Crippen molar-refractivity contribution in [1.29, 1.82) is 0 Å². The molecule has 0 saturated carbocycles. The van der Waals surface area contributed by atoms with E-state index in [0.717, 1.165) is 32.4 Å². The van der Waals surface area contributed by atoms with Gasteiger partial charge >= 0.3 is 0 Å². The van der Waals surface area contributed by atoms with Crippen LogP contribution in [0.3, 0.4) is 0 Å². The van der Waals surface area contributed by atoms with E-state index < -0.39 is 0 Å². The third-order valence-electron chi connectivity index (χ3n) is 4.03. The van der Waals surface area contributed by atoms with E-state index in [2.05, 4.69) is 27.7 Å². The Morgan fingerprint density at radius 3 is 2.16 bits per heavy atom. The molecule has 3 nitrogen and oxygen atoms in total. The summed E-state index contributed by atoms with van der Waals surface area (Å²) in [4.78, 5) is 14.2. The van der Waals surface area contributed by atoms with E-state index in [1.54, 1.807) is 0 Å². The molecule has 114 valence electrons. The molecule has 1 aliphatic rings. The Kier molecular flexibility index (Phi) is 8.67. The van der Waals surface area contributed by atoms with E-state index in [1.165, 1.54) is 0 Å². The van der Waals surface area contributed by atoms with Gasteiger partial charge in [-0.15, -0.1) is 12.4 Å². The van der Waals surface area contributed by atoms with Crippen molar-refractivity contribution in [2.45, 2.75) is 59.4 Å². The largest absolute Gasteiger partial charge is 0.343 e. The fourth-order valence-electron chi connectivity index (χ4n) is 2.99. The van der Waals surface area contributed by atoms with Crippen LogP contribution >= 0.6 is 12.4 Å². The molecule has 2 N–H and O–H groups in total. The van der Waals surface area contributed by atoms with Crippen molar-refractivity contribution in [2.75, 3.05) is 13.1 Å². The molecule has 1 aliphatic heterocycles. The molecule has 0 radical (unpaired) electrons. The van der Waals surface area contributed by atoms with Crippen LogP contribution < -0.4 is 5.73 Å². The van der Waals surface area contributed by atoms with Crippen LogP contribution in [0.2, 0.25) is 0 Å². The number of hydrogen-bond donors (Lipinski definition) is 1. The summed E-state index contributed by atoms with van der Waals surface area (Å²) in [5, 5.41) is 0. The summed E-state index contributed by atoms with van der Waals surface area (Å²) < 4.78 is 0. The summed E-state index contributed by atoms with van der Waals surface area (Å²) in [5.74, 6) is 2.12. The smallest absolute Gasteiger partial charge is 0.222 e. The first kappa shape index (κ1) is 18.7. The number of nitrogens with zero attached hydrogens (tertiary/aromatic N) is 1. The Morgan fingerprint density at radius 1 is 1.21 bits per heavy atom. The third kappa shape index (κ3) is 6.62. The van der Waals surface area contributed by atoms with Gasteiger partial charge < -0.3 is 10.6 Å². The number of amides is 1. The number of likely N-dealkylation sites (tertiary alicyclic amines) is 1. The van der Waals surface area contributed by atoms with Gasteiger partial charge in [0.1, 0.15) is 0 Å². The average molecular weight is 291 g/mol. The number of piperidine rings is 1. The lowest BCUT2D eigenvalue weighted by atomic mass is 9.90. The minimum atomic E-state index is 0. The molecule has 19 heavy (non-hydrogen) atoms. The van der Waals surface area contributed by atoms with Crippen molar-refractivity contribution >= 4 is 18.3 Å². The zero-order valence-electron chi connectivity index (χ0n) is 12.9. The summed E-state index contributed by atoms with van der Waals surface area (Å²) >= 11 is 0. The van der Waals surface area contributed by atoms with Gasteiger partial charge in [-0.1, -0.05) is 20.8 Å². The number of hydrogen-bond acceptors (Lipinski definition) is 2. The maximum atomic E-state index is 12.2. The zero-order chi connectivity index (χ0) is 13.7. The maximum absolute atomic E-state index is 12.2. The van der Waals surface area contributed by atoms with Crippen LogP contribution in [0.25, 0.3) is 0 Å². The summed E-state index contributed by atoms with van der Waals surface area (Å²) in [5.41, 5.74) is 5.92. The number of carbonyl (C=O) groups is 1. The van der Waals surface area contributed by atoms with Gasteiger partial charge in [-0.2, -0.15) is 0 Å². The molecule has 4 heteroatoms. The molecule has 0 aliphatic carbocycles. The van der Waals surface area contributed by atoms with Crippen molar-refractivity contribution < 1.29 is 4.79 Å². The van der Waals surface area contributed by atoms with Crippen LogP contribution in [0.4, 0.5) is 0 Å². The van der Waals surface area contributed by atoms with Crippen molar-refractivity contribution in [1.82, 2.24) is 4.90 Å². The predicted octanol–water partition coefficient (Wildman–Crippen LogP) is 3.07. The second kappa shape index (κ2) is 8.80. The second-order valence-electron chi connectivity index (χ2n) is 6.52. The zero-order valence-corrected chi connectivity index (χ0v) is 13.7. The summed E-state index contributed by atoms with van der Waals surface area (Å²) in [6.07, 6.45) is 3.99. The molecule has 0 spiro atoms. The van der Waals surface area contributed by atoms with E-state index in [1.807, 2.05) is 4.90 Å². The van der Waals surface area contributed by atoms with Crippen molar-refractivity contribution in [3.05, 3.63) is 0 Å². The highest BCUT2D eigenvalue weighted by Gasteiger charge is 2.25. The van der Waals surface area contributed by atoms with E-state index in [4.69, 9.17) is 5.73 Å². The standard InChI is InChI=1S/C15H30N2O.ClH/c1-11(2)9-12(3)10-15(18)17-7-5-14(6-8-17)13(4)16;/h11-14H,5-10,16H2,1-4H3;1H. The Morgan fingerprint density at radius 2 is 1.74 bits per heavy atom. The first-order valence-corrected chi connectivity index (χ1v) is 7.43. The molecule has 0 bridgehead atoms. The number of nitrogens with two attached hydrogens (primary N) is 1. The first-order chi connectivity index (χ1) is 8.40. The highest BCUT2D eigenvalue weighted by Crippen LogP contribution is 2.22.